The Hall–Kier alpha value is -3.03. The Balaban J connectivity index is 0.00000320. The monoisotopic (exact) mass is 410 g/mol. The van der Waals surface area contributed by atoms with Gasteiger partial charge in [-0.2, -0.15) is 13.2 Å². The van der Waals surface area contributed by atoms with Crippen LogP contribution in [-0.4, -0.2) is 22.6 Å². The van der Waals surface area contributed by atoms with E-state index in [-0.39, 0.29) is 24.3 Å². The molecule has 1 unspecified atom stereocenters. The number of amides is 1. The first-order valence-corrected chi connectivity index (χ1v) is 8.73. The number of carbonyl (C=O) groups excluding carboxylic acids is 1. The van der Waals surface area contributed by atoms with Crippen LogP contribution in [0.3, 0.4) is 0 Å². The predicted molar refractivity (Wildman–Crippen MR) is 100 cm³/mol. The fourth-order valence-electron chi connectivity index (χ4n) is 3.25. The molecule has 0 saturated heterocycles. The molecule has 0 fully saturated rings. The highest BCUT2D eigenvalue weighted by atomic mass is 19.4. The maximum absolute atomic E-state index is 13.8. The van der Waals surface area contributed by atoms with Crippen molar-refractivity contribution < 1.29 is 28.2 Å². The van der Waals surface area contributed by atoms with E-state index in [9.17, 15) is 26.7 Å². The van der Waals surface area contributed by atoms with Crippen molar-refractivity contribution in [2.75, 3.05) is 0 Å². The third-order valence-electron chi connectivity index (χ3n) is 4.45. The van der Waals surface area contributed by atoms with Crippen molar-refractivity contribution in [3.8, 4) is 0 Å². The number of hydrogen-bond acceptors (Lipinski definition) is 2. The number of fused-ring (bicyclic) bond motifs is 1. The number of rotatable bonds is 5. The molecule has 0 saturated carbocycles. The minimum atomic E-state index is -4.50. The van der Waals surface area contributed by atoms with Gasteiger partial charge in [0.05, 0.1) is 17.5 Å². The number of nitrogens with one attached hydrogen (secondary N) is 1. The Labute approximate surface area is 165 Å². The molecule has 154 valence electrons. The molecule has 1 heterocycles. The summed E-state index contributed by atoms with van der Waals surface area (Å²) in [6.07, 6.45) is -4.77. The Bertz CT molecular complexity index is 1040. The molecule has 0 aliphatic heterocycles. The van der Waals surface area contributed by atoms with Gasteiger partial charge in [-0.1, -0.05) is 30.3 Å². The number of alkyl halides is 3. The minimum Gasteiger partial charge on any atom is -0.346 e. The first kappa shape index (κ1) is 20.7. The summed E-state index contributed by atoms with van der Waals surface area (Å²) < 4.78 is 66.5. The van der Waals surface area contributed by atoms with Gasteiger partial charge >= 0.3 is 6.18 Å². The molecule has 29 heavy (non-hydrogen) atoms. The van der Waals surface area contributed by atoms with Gasteiger partial charge in [-0.05, 0) is 37.1 Å². The van der Waals surface area contributed by atoms with Crippen molar-refractivity contribution in [3.63, 3.8) is 0 Å². The van der Waals surface area contributed by atoms with Crippen LogP contribution in [0.15, 0.2) is 54.7 Å². The van der Waals surface area contributed by atoms with Crippen molar-refractivity contribution in [2.45, 2.75) is 31.5 Å². The van der Waals surface area contributed by atoms with Crippen molar-refractivity contribution in [1.82, 2.24) is 10.3 Å². The molecule has 0 aliphatic carbocycles. The maximum atomic E-state index is 13.8. The zero-order chi connectivity index (χ0) is 21.2. The molecule has 0 radical (unpaired) electrons. The number of aromatic nitrogens is 1. The lowest BCUT2D eigenvalue weighted by atomic mass is 9.88. The van der Waals surface area contributed by atoms with Gasteiger partial charge in [-0.15, -0.1) is 0 Å². The molecule has 1 amide bonds. The smallest absolute Gasteiger partial charge is 0.346 e. The third-order valence-corrected chi connectivity index (χ3v) is 4.45. The van der Waals surface area contributed by atoms with Crippen LogP contribution in [0, 0.1) is 11.6 Å². The van der Waals surface area contributed by atoms with E-state index >= 15 is 0 Å². The molecule has 3 aromatic rings. The normalized spacial score (nSPS) is 13.9. The van der Waals surface area contributed by atoms with Gasteiger partial charge in [0.15, 0.2) is 11.6 Å². The fraction of sp³-hybridized carbons (Fsp3) is 0.238. The van der Waals surface area contributed by atoms with Gasteiger partial charge in [-0.3, -0.25) is 9.78 Å². The first-order chi connectivity index (χ1) is 13.6. The quantitative estimate of drug-likeness (QED) is 0.569. The molecular formula is C21H19F5N2O. The van der Waals surface area contributed by atoms with E-state index in [2.05, 4.69) is 10.3 Å². The summed E-state index contributed by atoms with van der Waals surface area (Å²) in [5.41, 5.74) is -1.29. The zero-order valence-electron chi connectivity index (χ0n) is 15.4. The molecule has 0 aliphatic rings. The van der Waals surface area contributed by atoms with Crippen LogP contribution in [-0.2, 0) is 6.42 Å². The largest absolute Gasteiger partial charge is 0.391 e. The van der Waals surface area contributed by atoms with Crippen molar-refractivity contribution in [2.24, 2.45) is 0 Å². The first-order valence-electron chi connectivity index (χ1n) is 8.73. The van der Waals surface area contributed by atoms with Gasteiger partial charge in [0, 0.05) is 13.0 Å². The topological polar surface area (TPSA) is 42.0 Å². The lowest BCUT2D eigenvalue weighted by Gasteiger charge is -2.32. The lowest BCUT2D eigenvalue weighted by molar-refractivity contribution is -0.147. The van der Waals surface area contributed by atoms with Crippen LogP contribution in [0.25, 0.3) is 10.9 Å². The molecule has 0 spiro atoms. The molecule has 3 rings (SSSR count). The summed E-state index contributed by atoms with van der Waals surface area (Å²) in [5.74, 6) is -3.02. The summed E-state index contributed by atoms with van der Waals surface area (Å²) in [5, 5.41) is 2.60. The molecule has 8 heteroatoms. The van der Waals surface area contributed by atoms with Gasteiger partial charge in [-0.25, -0.2) is 8.78 Å². The van der Waals surface area contributed by atoms with E-state index in [0.29, 0.717) is 5.56 Å². The SMILES string of the molecule is CC(Cc1ccccc1)(CC(F)(F)F)NC(=O)c1cnc2c(F)c(F)ccc2c1.[HH]. The second-order valence-electron chi connectivity index (χ2n) is 7.13. The van der Waals surface area contributed by atoms with Crippen molar-refractivity contribution in [3.05, 3.63) is 77.5 Å². The van der Waals surface area contributed by atoms with E-state index in [1.165, 1.54) is 19.1 Å². The van der Waals surface area contributed by atoms with Crippen LogP contribution in [0.4, 0.5) is 22.0 Å². The van der Waals surface area contributed by atoms with Crippen LogP contribution >= 0.6 is 0 Å². The van der Waals surface area contributed by atoms with E-state index in [1.54, 1.807) is 30.3 Å². The van der Waals surface area contributed by atoms with Crippen LogP contribution in [0.2, 0.25) is 0 Å². The van der Waals surface area contributed by atoms with E-state index < -0.39 is 35.7 Å². The van der Waals surface area contributed by atoms with E-state index in [4.69, 9.17) is 0 Å². The molecular weight excluding hydrogens is 391 g/mol. The van der Waals surface area contributed by atoms with Crippen molar-refractivity contribution >= 4 is 16.8 Å². The van der Waals surface area contributed by atoms with Gasteiger partial charge in [0.1, 0.15) is 5.52 Å². The number of nitrogens with zero attached hydrogens (tertiary/aromatic N) is 1. The molecule has 0 bridgehead atoms. The summed E-state index contributed by atoms with van der Waals surface area (Å²) >= 11 is 0. The highest BCUT2D eigenvalue weighted by Crippen LogP contribution is 2.30. The van der Waals surface area contributed by atoms with Gasteiger partial charge in [0.25, 0.3) is 5.91 Å². The predicted octanol–water partition coefficient (Wildman–Crippen LogP) is 5.44. The Morgan fingerprint density at radius 3 is 2.45 bits per heavy atom. The molecule has 2 aromatic carbocycles. The Morgan fingerprint density at radius 2 is 1.79 bits per heavy atom. The van der Waals surface area contributed by atoms with E-state index in [1.807, 2.05) is 0 Å². The second-order valence-corrected chi connectivity index (χ2v) is 7.13. The van der Waals surface area contributed by atoms with Crippen molar-refractivity contribution in [1.29, 1.82) is 0 Å². The number of carbonyl (C=O) groups is 1. The highest BCUT2D eigenvalue weighted by Gasteiger charge is 2.40. The number of benzene rings is 2. The Morgan fingerprint density at radius 1 is 1.10 bits per heavy atom. The maximum Gasteiger partial charge on any atom is 0.391 e. The standard InChI is InChI=1S/C21H17F5N2O.H2/c1-20(12-21(24,25)26,10-13-5-3-2-4-6-13)28-19(29)15-9-14-7-8-16(22)17(23)18(14)27-11-15;/h2-9,11H,10,12H2,1H3,(H,28,29);1H. The summed E-state index contributed by atoms with van der Waals surface area (Å²) in [6, 6.07) is 11.9. The number of pyridine rings is 1. The minimum absolute atomic E-state index is 0. The van der Waals surface area contributed by atoms with Gasteiger partial charge < -0.3 is 5.32 Å². The third kappa shape index (κ3) is 5.07. The average Bonchev–Trinajstić information content (AvgIpc) is 2.63. The molecule has 1 aromatic heterocycles. The van der Waals surface area contributed by atoms with E-state index in [0.717, 1.165) is 12.3 Å². The average molecular weight is 410 g/mol. The molecule has 3 nitrogen and oxygen atoms in total. The van der Waals surface area contributed by atoms with Crippen LogP contribution in [0.1, 0.15) is 30.7 Å². The summed E-state index contributed by atoms with van der Waals surface area (Å²) in [7, 11) is 0. The Kier molecular flexibility index (Phi) is 5.55. The number of halogens is 5. The summed E-state index contributed by atoms with van der Waals surface area (Å²) in [4.78, 5) is 16.4. The number of hydrogen-bond donors (Lipinski definition) is 1. The lowest BCUT2D eigenvalue weighted by Crippen LogP contribution is -2.50. The second kappa shape index (κ2) is 7.77. The molecule has 1 N–H and O–H groups in total. The van der Waals surface area contributed by atoms with Gasteiger partial charge in [0.2, 0.25) is 0 Å². The fourth-order valence-corrected chi connectivity index (χ4v) is 3.25. The van der Waals surface area contributed by atoms with Crippen LogP contribution in [0.5, 0.6) is 0 Å². The zero-order valence-corrected chi connectivity index (χ0v) is 15.4. The summed E-state index contributed by atoms with van der Waals surface area (Å²) in [6.45, 7) is 1.31. The van der Waals surface area contributed by atoms with Crippen LogP contribution < -0.4 is 5.32 Å². The highest BCUT2D eigenvalue weighted by molar-refractivity contribution is 5.97. The molecule has 1 atom stereocenters.